The van der Waals surface area contributed by atoms with Crippen LogP contribution >= 0.6 is 0 Å². The van der Waals surface area contributed by atoms with Crippen molar-refractivity contribution in [3.8, 4) is 0 Å². The number of hydrogen-bond donors (Lipinski definition) is 0. The smallest absolute Gasteiger partial charge is 0.0771 e. The van der Waals surface area contributed by atoms with Gasteiger partial charge in [-0.05, 0) is 58.0 Å². The van der Waals surface area contributed by atoms with Gasteiger partial charge in [0.1, 0.15) is 0 Å². The van der Waals surface area contributed by atoms with Crippen LogP contribution in [0.2, 0.25) is 0 Å². The van der Waals surface area contributed by atoms with Crippen molar-refractivity contribution < 1.29 is 4.74 Å². The van der Waals surface area contributed by atoms with Crippen molar-refractivity contribution in [1.29, 1.82) is 0 Å². The molecule has 2 nitrogen and oxygen atoms in total. The first-order chi connectivity index (χ1) is 10.4. The summed E-state index contributed by atoms with van der Waals surface area (Å²) in [7, 11) is 0. The van der Waals surface area contributed by atoms with Gasteiger partial charge >= 0.3 is 0 Å². The second-order valence-corrected chi connectivity index (χ2v) is 7.71. The molecule has 0 unspecified atom stereocenters. The van der Waals surface area contributed by atoms with Crippen LogP contribution in [0.1, 0.15) is 64.2 Å². The Morgan fingerprint density at radius 3 is 2.62 bits per heavy atom. The molecule has 3 fully saturated rings. The van der Waals surface area contributed by atoms with E-state index in [4.69, 9.17) is 4.74 Å². The Morgan fingerprint density at radius 1 is 0.905 bits per heavy atom. The van der Waals surface area contributed by atoms with Crippen LogP contribution in [0.5, 0.6) is 0 Å². The molecule has 2 aliphatic heterocycles. The monoisotopic (exact) mass is 289 g/mol. The van der Waals surface area contributed by atoms with E-state index in [0.717, 1.165) is 11.8 Å². The highest BCUT2D eigenvalue weighted by atomic mass is 16.5. The molecule has 2 heteroatoms. The number of fused-ring (bicyclic) bond motifs is 3. The van der Waals surface area contributed by atoms with Crippen molar-refractivity contribution in [2.45, 2.75) is 76.4 Å². The third-order valence-corrected chi connectivity index (χ3v) is 6.34. The summed E-state index contributed by atoms with van der Waals surface area (Å²) >= 11 is 0. The molecule has 21 heavy (non-hydrogen) atoms. The number of hydrogen-bond acceptors (Lipinski definition) is 2. The minimum Gasteiger partial charge on any atom is -0.372 e. The van der Waals surface area contributed by atoms with E-state index in [1.54, 1.807) is 0 Å². The van der Waals surface area contributed by atoms with Crippen LogP contribution in [-0.2, 0) is 4.74 Å². The zero-order chi connectivity index (χ0) is 14.1. The molecule has 4 atom stereocenters. The summed E-state index contributed by atoms with van der Waals surface area (Å²) < 4.78 is 6.68. The summed E-state index contributed by atoms with van der Waals surface area (Å²) in [5.41, 5.74) is 1.82. The highest BCUT2D eigenvalue weighted by molar-refractivity contribution is 5.20. The molecular formula is C19H31NO. The number of allylic oxidation sites excluding steroid dienone is 1. The molecule has 2 aliphatic carbocycles. The molecule has 4 aliphatic rings. The van der Waals surface area contributed by atoms with Crippen LogP contribution in [0.3, 0.4) is 0 Å². The molecule has 0 aromatic carbocycles. The third kappa shape index (κ3) is 2.94. The first-order valence-corrected chi connectivity index (χ1v) is 9.49. The molecule has 2 saturated heterocycles. The van der Waals surface area contributed by atoms with Crippen molar-refractivity contribution in [1.82, 2.24) is 4.90 Å². The van der Waals surface area contributed by atoms with Gasteiger partial charge in [0.2, 0.25) is 0 Å². The summed E-state index contributed by atoms with van der Waals surface area (Å²) in [5.74, 6) is 1.53. The van der Waals surface area contributed by atoms with E-state index >= 15 is 0 Å². The van der Waals surface area contributed by atoms with Gasteiger partial charge in [0.25, 0.3) is 0 Å². The zero-order valence-corrected chi connectivity index (χ0v) is 13.4. The Hall–Kier alpha value is -0.340. The number of nitrogens with zero attached hydrogens (tertiary/aromatic N) is 1. The SMILES string of the molecule is C1=C2[C@@H]3CCCC[C@@H]3O[C@H](CN3CCCCC3)[C@H]2CCC1. The molecule has 2 heterocycles. The van der Waals surface area contributed by atoms with E-state index in [0.29, 0.717) is 12.2 Å². The van der Waals surface area contributed by atoms with Gasteiger partial charge in [-0.2, -0.15) is 0 Å². The van der Waals surface area contributed by atoms with Crippen LogP contribution in [0, 0.1) is 11.8 Å². The summed E-state index contributed by atoms with van der Waals surface area (Å²) in [6, 6.07) is 0. The number of ether oxygens (including phenoxy) is 1. The predicted octanol–water partition coefficient (Wildman–Crippen LogP) is 4.16. The lowest BCUT2D eigenvalue weighted by Gasteiger charge is -2.48. The topological polar surface area (TPSA) is 12.5 Å². The Morgan fingerprint density at radius 2 is 1.71 bits per heavy atom. The van der Waals surface area contributed by atoms with E-state index in [9.17, 15) is 0 Å². The van der Waals surface area contributed by atoms with Crippen LogP contribution in [0.25, 0.3) is 0 Å². The highest BCUT2D eigenvalue weighted by Gasteiger charge is 2.43. The number of likely N-dealkylation sites (tertiary alicyclic amines) is 1. The van der Waals surface area contributed by atoms with E-state index in [2.05, 4.69) is 11.0 Å². The fourth-order valence-corrected chi connectivity index (χ4v) is 5.28. The van der Waals surface area contributed by atoms with Crippen molar-refractivity contribution in [3.05, 3.63) is 11.6 Å². The molecule has 0 aromatic rings. The fraction of sp³-hybridized carbons (Fsp3) is 0.895. The van der Waals surface area contributed by atoms with Crippen LogP contribution in [-0.4, -0.2) is 36.7 Å². The van der Waals surface area contributed by atoms with E-state index in [1.807, 2.05) is 5.57 Å². The van der Waals surface area contributed by atoms with Crippen molar-refractivity contribution in [2.75, 3.05) is 19.6 Å². The van der Waals surface area contributed by atoms with E-state index in [-0.39, 0.29) is 0 Å². The van der Waals surface area contributed by atoms with Gasteiger partial charge in [-0.25, -0.2) is 0 Å². The van der Waals surface area contributed by atoms with Crippen LogP contribution < -0.4 is 0 Å². The Kier molecular flexibility index (Phi) is 4.36. The molecule has 0 N–H and O–H groups in total. The minimum absolute atomic E-state index is 0.494. The second-order valence-electron chi connectivity index (χ2n) is 7.71. The lowest BCUT2D eigenvalue weighted by molar-refractivity contribution is -0.114. The number of piperidine rings is 1. The van der Waals surface area contributed by atoms with Gasteiger partial charge in [0.05, 0.1) is 12.2 Å². The highest BCUT2D eigenvalue weighted by Crippen LogP contribution is 2.46. The second kappa shape index (κ2) is 6.42. The van der Waals surface area contributed by atoms with Gasteiger partial charge in [-0.1, -0.05) is 30.9 Å². The molecular weight excluding hydrogens is 258 g/mol. The molecule has 0 spiro atoms. The van der Waals surface area contributed by atoms with E-state index in [1.165, 1.54) is 83.8 Å². The number of rotatable bonds is 2. The Labute approximate surface area is 129 Å². The summed E-state index contributed by atoms with van der Waals surface area (Å²) in [6.45, 7) is 3.81. The molecule has 118 valence electrons. The summed E-state index contributed by atoms with van der Waals surface area (Å²) in [6.07, 6.45) is 17.5. The lowest BCUT2D eigenvalue weighted by atomic mass is 9.69. The standard InChI is InChI=1S/C19H31NO/c1-6-12-20(13-7-1)14-19-17-10-3-2-8-15(17)16-9-4-5-11-18(16)21-19/h8,16-19H,1-7,9-14H2/t16-,17-,18-,19+/m0/s1. The maximum absolute atomic E-state index is 6.68. The normalized spacial score (nSPS) is 41.0. The van der Waals surface area contributed by atoms with Crippen molar-refractivity contribution in [3.63, 3.8) is 0 Å². The largest absolute Gasteiger partial charge is 0.372 e. The average Bonchev–Trinajstić information content (AvgIpc) is 2.56. The quantitative estimate of drug-likeness (QED) is 0.708. The lowest BCUT2D eigenvalue weighted by Crippen LogP contribution is -2.50. The maximum Gasteiger partial charge on any atom is 0.0771 e. The third-order valence-electron chi connectivity index (χ3n) is 6.34. The molecule has 0 amide bonds. The first kappa shape index (κ1) is 14.3. The van der Waals surface area contributed by atoms with Crippen LogP contribution in [0.15, 0.2) is 11.6 Å². The van der Waals surface area contributed by atoms with Crippen LogP contribution in [0.4, 0.5) is 0 Å². The predicted molar refractivity (Wildman–Crippen MR) is 86.3 cm³/mol. The van der Waals surface area contributed by atoms with Crippen molar-refractivity contribution in [2.24, 2.45) is 11.8 Å². The van der Waals surface area contributed by atoms with E-state index < -0.39 is 0 Å². The minimum atomic E-state index is 0.494. The summed E-state index contributed by atoms with van der Waals surface area (Å²) in [5, 5.41) is 0. The average molecular weight is 289 g/mol. The van der Waals surface area contributed by atoms with Gasteiger partial charge in [0.15, 0.2) is 0 Å². The fourth-order valence-electron chi connectivity index (χ4n) is 5.28. The maximum atomic E-state index is 6.68. The molecule has 0 radical (unpaired) electrons. The first-order valence-electron chi connectivity index (χ1n) is 9.49. The summed E-state index contributed by atoms with van der Waals surface area (Å²) in [4.78, 5) is 2.68. The Balaban J connectivity index is 1.50. The van der Waals surface area contributed by atoms with Gasteiger partial charge in [-0.15, -0.1) is 0 Å². The molecule has 0 bridgehead atoms. The van der Waals surface area contributed by atoms with Gasteiger partial charge in [-0.3, -0.25) is 0 Å². The zero-order valence-electron chi connectivity index (χ0n) is 13.4. The molecule has 4 rings (SSSR count). The Bertz CT molecular complexity index is 383. The van der Waals surface area contributed by atoms with Crippen molar-refractivity contribution >= 4 is 0 Å². The van der Waals surface area contributed by atoms with Gasteiger partial charge < -0.3 is 9.64 Å². The molecule has 1 saturated carbocycles. The van der Waals surface area contributed by atoms with Gasteiger partial charge in [0, 0.05) is 18.4 Å². The molecule has 0 aromatic heterocycles.